The van der Waals surface area contributed by atoms with E-state index in [1.165, 1.54) is 16.3 Å². The first-order chi connectivity index (χ1) is 8.49. The van der Waals surface area contributed by atoms with Crippen LogP contribution in [-0.2, 0) is 4.79 Å². The Hall–Kier alpha value is -1.63. The first-order valence-corrected chi connectivity index (χ1v) is 6.53. The lowest BCUT2D eigenvalue weighted by Crippen LogP contribution is -2.15. The summed E-state index contributed by atoms with van der Waals surface area (Å²) in [4.78, 5) is 12.0. The number of Topliss-reactive ketones (excluding diaryl/α,β-unsaturated/α-hetero) is 1. The highest BCUT2D eigenvalue weighted by Gasteiger charge is 2.18. The van der Waals surface area contributed by atoms with E-state index >= 15 is 0 Å². The molecular weight excluding hydrogens is 220 g/mol. The molecule has 0 amide bonds. The van der Waals surface area contributed by atoms with E-state index in [9.17, 15) is 4.79 Å². The smallest absolute Gasteiger partial charge is 0.142 e. The quantitative estimate of drug-likeness (QED) is 0.773. The first kappa shape index (κ1) is 12.8. The molecule has 0 N–H and O–H groups in total. The van der Waals surface area contributed by atoms with Crippen LogP contribution >= 0.6 is 0 Å². The monoisotopic (exact) mass is 240 g/mol. The van der Waals surface area contributed by atoms with Gasteiger partial charge in [0.25, 0.3) is 0 Å². The molecule has 0 fully saturated rings. The fraction of sp³-hybridized carbons (Fsp3) is 0.353. The van der Waals surface area contributed by atoms with Gasteiger partial charge in [0.2, 0.25) is 0 Å². The number of carbonyl (C=O) groups is 1. The molecule has 2 rings (SSSR count). The Morgan fingerprint density at radius 2 is 1.56 bits per heavy atom. The zero-order valence-corrected chi connectivity index (χ0v) is 11.5. The van der Waals surface area contributed by atoms with E-state index in [0.717, 1.165) is 5.56 Å². The molecule has 1 nitrogen and oxygen atoms in total. The third-order valence-corrected chi connectivity index (χ3v) is 3.52. The summed E-state index contributed by atoms with van der Waals surface area (Å²) >= 11 is 0. The lowest BCUT2D eigenvalue weighted by Gasteiger charge is -2.14. The Balaban J connectivity index is 2.41. The normalized spacial score (nSPS) is 12.9. The molecule has 0 spiro atoms. The van der Waals surface area contributed by atoms with Crippen LogP contribution in [0, 0.1) is 12.8 Å². The van der Waals surface area contributed by atoms with Gasteiger partial charge in [-0.25, -0.2) is 0 Å². The molecule has 2 aromatic rings. The summed E-state index contributed by atoms with van der Waals surface area (Å²) in [5.41, 5.74) is 2.38. The fourth-order valence-electron chi connectivity index (χ4n) is 2.32. The minimum atomic E-state index is -0.0179. The highest BCUT2D eigenvalue weighted by Crippen LogP contribution is 2.24. The summed E-state index contributed by atoms with van der Waals surface area (Å²) in [6, 6.07) is 12.7. The van der Waals surface area contributed by atoms with Crippen LogP contribution in [-0.4, -0.2) is 5.78 Å². The van der Waals surface area contributed by atoms with Gasteiger partial charge in [-0.3, -0.25) is 4.79 Å². The third kappa shape index (κ3) is 2.45. The predicted octanol–water partition coefficient (Wildman–Crippen LogP) is 4.48. The Labute approximate surface area is 109 Å². The van der Waals surface area contributed by atoms with Gasteiger partial charge in [-0.15, -0.1) is 0 Å². The highest BCUT2D eigenvalue weighted by atomic mass is 16.1. The zero-order chi connectivity index (χ0) is 13.3. The maximum absolute atomic E-state index is 12.0. The van der Waals surface area contributed by atoms with Crippen molar-refractivity contribution in [1.82, 2.24) is 0 Å². The predicted molar refractivity (Wildman–Crippen MR) is 76.9 cm³/mol. The Morgan fingerprint density at radius 3 is 2.22 bits per heavy atom. The van der Waals surface area contributed by atoms with Crippen LogP contribution in [0.25, 0.3) is 10.8 Å². The summed E-state index contributed by atoms with van der Waals surface area (Å²) in [5.74, 6) is 0.380. The van der Waals surface area contributed by atoms with Crippen molar-refractivity contribution in [3.63, 3.8) is 0 Å². The summed E-state index contributed by atoms with van der Waals surface area (Å²) in [6.07, 6.45) is 0. The molecule has 0 radical (unpaired) electrons. The van der Waals surface area contributed by atoms with Crippen LogP contribution in [0.15, 0.2) is 36.4 Å². The average Bonchev–Trinajstić information content (AvgIpc) is 2.36. The molecule has 1 atom stereocenters. The van der Waals surface area contributed by atoms with E-state index in [-0.39, 0.29) is 11.8 Å². The van der Waals surface area contributed by atoms with Gasteiger partial charge in [0.05, 0.1) is 0 Å². The van der Waals surface area contributed by atoms with Crippen molar-refractivity contribution < 1.29 is 4.79 Å². The summed E-state index contributed by atoms with van der Waals surface area (Å²) < 4.78 is 0. The van der Waals surface area contributed by atoms with E-state index < -0.39 is 0 Å². The molecule has 0 bridgehead atoms. The van der Waals surface area contributed by atoms with Crippen LogP contribution in [0.4, 0.5) is 0 Å². The molecule has 0 saturated heterocycles. The summed E-state index contributed by atoms with van der Waals surface area (Å²) in [6.45, 7) is 8.02. The molecule has 0 aromatic heterocycles. The number of ketones is 1. The molecule has 0 aliphatic carbocycles. The maximum atomic E-state index is 12.0. The molecule has 2 aromatic carbocycles. The van der Waals surface area contributed by atoms with Gasteiger partial charge < -0.3 is 0 Å². The Kier molecular flexibility index (Phi) is 3.51. The van der Waals surface area contributed by atoms with E-state index in [1.807, 2.05) is 20.8 Å². The number of rotatable bonds is 3. The van der Waals surface area contributed by atoms with Gasteiger partial charge in [-0.1, -0.05) is 62.7 Å². The van der Waals surface area contributed by atoms with Crippen LogP contribution in [0.1, 0.15) is 37.8 Å². The van der Waals surface area contributed by atoms with E-state index in [2.05, 4.69) is 43.3 Å². The van der Waals surface area contributed by atoms with Crippen LogP contribution in [0.2, 0.25) is 0 Å². The lowest BCUT2D eigenvalue weighted by atomic mass is 9.89. The molecule has 0 heterocycles. The topological polar surface area (TPSA) is 17.1 Å². The van der Waals surface area contributed by atoms with Crippen LogP contribution in [0.5, 0.6) is 0 Å². The average molecular weight is 240 g/mol. The molecule has 0 aliphatic rings. The van der Waals surface area contributed by atoms with Gasteiger partial charge >= 0.3 is 0 Å². The zero-order valence-electron chi connectivity index (χ0n) is 11.5. The minimum Gasteiger partial charge on any atom is -0.299 e. The number of hydrogen-bond donors (Lipinski definition) is 0. The van der Waals surface area contributed by atoms with Crippen molar-refractivity contribution in [1.29, 1.82) is 0 Å². The van der Waals surface area contributed by atoms with Crippen LogP contribution < -0.4 is 0 Å². The molecule has 0 aliphatic heterocycles. The van der Waals surface area contributed by atoms with Crippen LogP contribution in [0.3, 0.4) is 0 Å². The largest absolute Gasteiger partial charge is 0.299 e. The van der Waals surface area contributed by atoms with Gasteiger partial charge in [-0.2, -0.15) is 0 Å². The first-order valence-electron chi connectivity index (χ1n) is 6.53. The lowest BCUT2D eigenvalue weighted by molar-refractivity contribution is -0.123. The SMILES string of the molecule is Cc1ccc2cc(C(C)C(=O)C(C)C)ccc2c1. The Bertz CT molecular complexity index is 581. The van der Waals surface area contributed by atoms with Crippen molar-refractivity contribution in [3.05, 3.63) is 47.5 Å². The van der Waals surface area contributed by atoms with Crippen molar-refractivity contribution in [2.24, 2.45) is 5.92 Å². The Morgan fingerprint density at radius 1 is 0.944 bits per heavy atom. The minimum absolute atomic E-state index is 0.0179. The molecule has 18 heavy (non-hydrogen) atoms. The number of carbonyl (C=O) groups excluding carboxylic acids is 1. The van der Waals surface area contributed by atoms with E-state index in [0.29, 0.717) is 5.78 Å². The molecule has 1 unspecified atom stereocenters. The third-order valence-electron chi connectivity index (χ3n) is 3.52. The van der Waals surface area contributed by atoms with Gasteiger partial charge in [0.15, 0.2) is 0 Å². The summed E-state index contributed by atoms with van der Waals surface area (Å²) in [5, 5.41) is 2.45. The molecule has 94 valence electrons. The highest BCUT2D eigenvalue weighted by molar-refractivity contribution is 5.89. The molecule has 1 heteroatoms. The van der Waals surface area contributed by atoms with Crippen molar-refractivity contribution in [2.45, 2.75) is 33.6 Å². The van der Waals surface area contributed by atoms with Gasteiger partial charge in [0, 0.05) is 11.8 Å². The van der Waals surface area contributed by atoms with E-state index in [1.54, 1.807) is 0 Å². The van der Waals surface area contributed by atoms with E-state index in [4.69, 9.17) is 0 Å². The second kappa shape index (κ2) is 4.93. The van der Waals surface area contributed by atoms with Crippen molar-refractivity contribution >= 4 is 16.6 Å². The number of benzene rings is 2. The number of fused-ring (bicyclic) bond motifs is 1. The number of hydrogen-bond acceptors (Lipinski definition) is 1. The van der Waals surface area contributed by atoms with Crippen molar-refractivity contribution in [3.8, 4) is 0 Å². The fourth-order valence-corrected chi connectivity index (χ4v) is 2.32. The second-order valence-corrected chi connectivity index (χ2v) is 5.39. The summed E-state index contributed by atoms with van der Waals surface area (Å²) in [7, 11) is 0. The number of aryl methyl sites for hydroxylation is 1. The molecule has 0 saturated carbocycles. The van der Waals surface area contributed by atoms with Gasteiger partial charge in [-0.05, 0) is 23.3 Å². The van der Waals surface area contributed by atoms with Gasteiger partial charge in [0.1, 0.15) is 5.78 Å². The standard InChI is InChI=1S/C17H20O/c1-11(2)17(18)13(4)14-7-8-15-9-12(3)5-6-16(15)10-14/h5-11,13H,1-4H3. The second-order valence-electron chi connectivity index (χ2n) is 5.39. The molecular formula is C17H20O. The van der Waals surface area contributed by atoms with Crippen molar-refractivity contribution in [2.75, 3.05) is 0 Å². The maximum Gasteiger partial charge on any atom is 0.142 e.